The first-order valence-electron chi connectivity index (χ1n) is 9.31. The molecule has 1 saturated heterocycles. The van der Waals surface area contributed by atoms with E-state index in [1.807, 2.05) is 24.8 Å². The van der Waals surface area contributed by atoms with Crippen molar-refractivity contribution < 1.29 is 19.5 Å². The van der Waals surface area contributed by atoms with Crippen molar-refractivity contribution in [1.29, 1.82) is 0 Å². The first-order valence-corrected chi connectivity index (χ1v) is 9.31. The second kappa shape index (κ2) is 9.36. The molecule has 0 spiro atoms. The molecule has 0 radical (unpaired) electrons. The number of nitrogens with one attached hydrogen (secondary N) is 1. The van der Waals surface area contributed by atoms with Crippen LogP contribution in [-0.4, -0.2) is 47.4 Å². The first-order chi connectivity index (χ1) is 12.4. The molecule has 0 aromatic heterocycles. The van der Waals surface area contributed by atoms with Gasteiger partial charge in [0.1, 0.15) is 0 Å². The van der Waals surface area contributed by atoms with Gasteiger partial charge in [-0.05, 0) is 43.4 Å². The van der Waals surface area contributed by atoms with Gasteiger partial charge in [0.15, 0.2) is 0 Å². The van der Waals surface area contributed by atoms with Crippen LogP contribution in [0.3, 0.4) is 0 Å². The quantitative estimate of drug-likeness (QED) is 0.781. The van der Waals surface area contributed by atoms with E-state index in [0.29, 0.717) is 19.5 Å². The Balaban J connectivity index is 1.83. The third-order valence-electron chi connectivity index (χ3n) is 5.02. The van der Waals surface area contributed by atoms with Gasteiger partial charge in [-0.2, -0.15) is 0 Å². The SMILES string of the molecule is CCC(C)C(=O)N1CCCC(C(=O)NCCc2cccc(C(=O)O)c2)C1. The minimum absolute atomic E-state index is 0.00155. The molecule has 1 aliphatic heterocycles. The summed E-state index contributed by atoms with van der Waals surface area (Å²) in [6, 6.07) is 6.74. The normalized spacial score (nSPS) is 18.2. The van der Waals surface area contributed by atoms with E-state index >= 15 is 0 Å². The van der Waals surface area contributed by atoms with Gasteiger partial charge in [0.25, 0.3) is 0 Å². The summed E-state index contributed by atoms with van der Waals surface area (Å²) in [5, 5.41) is 11.9. The maximum atomic E-state index is 12.4. The van der Waals surface area contributed by atoms with Crippen LogP contribution in [0.2, 0.25) is 0 Å². The van der Waals surface area contributed by atoms with Gasteiger partial charge in [0.05, 0.1) is 11.5 Å². The van der Waals surface area contributed by atoms with Crippen LogP contribution in [-0.2, 0) is 16.0 Å². The monoisotopic (exact) mass is 360 g/mol. The number of carboxylic acids is 1. The zero-order chi connectivity index (χ0) is 19.1. The minimum Gasteiger partial charge on any atom is -0.478 e. The number of benzene rings is 1. The van der Waals surface area contributed by atoms with Crippen molar-refractivity contribution in [1.82, 2.24) is 10.2 Å². The molecule has 142 valence electrons. The summed E-state index contributed by atoms with van der Waals surface area (Å²) in [5.74, 6) is -1.01. The first kappa shape index (κ1) is 19.9. The molecular weight excluding hydrogens is 332 g/mol. The van der Waals surface area contributed by atoms with Crippen molar-refractivity contribution in [2.45, 2.75) is 39.5 Å². The molecule has 0 bridgehead atoms. The van der Waals surface area contributed by atoms with Crippen LogP contribution in [0.25, 0.3) is 0 Å². The Kier molecular flexibility index (Phi) is 7.18. The van der Waals surface area contributed by atoms with Crippen LogP contribution in [0, 0.1) is 11.8 Å². The van der Waals surface area contributed by atoms with Gasteiger partial charge in [-0.25, -0.2) is 4.79 Å². The maximum absolute atomic E-state index is 12.4. The van der Waals surface area contributed by atoms with E-state index in [1.54, 1.807) is 18.2 Å². The molecule has 1 aliphatic rings. The standard InChI is InChI=1S/C20H28N2O4/c1-3-14(2)19(24)22-11-5-8-17(13-22)18(23)21-10-9-15-6-4-7-16(12-15)20(25)26/h4,6-7,12,14,17H,3,5,8-11,13H2,1-2H3,(H,21,23)(H,25,26). The van der Waals surface area contributed by atoms with Crippen LogP contribution in [0.4, 0.5) is 0 Å². The third-order valence-corrected chi connectivity index (χ3v) is 5.02. The summed E-state index contributed by atoms with van der Waals surface area (Å²) in [6.45, 7) is 5.60. The van der Waals surface area contributed by atoms with E-state index in [9.17, 15) is 14.4 Å². The Morgan fingerprint density at radius 2 is 2.12 bits per heavy atom. The Labute approximate surface area is 154 Å². The number of aromatic carboxylic acids is 1. The molecule has 1 aromatic rings. The van der Waals surface area contributed by atoms with Gasteiger partial charge in [-0.3, -0.25) is 9.59 Å². The largest absolute Gasteiger partial charge is 0.478 e. The molecule has 6 nitrogen and oxygen atoms in total. The smallest absolute Gasteiger partial charge is 0.335 e. The van der Waals surface area contributed by atoms with E-state index in [2.05, 4.69) is 5.32 Å². The van der Waals surface area contributed by atoms with Crippen LogP contribution in [0.5, 0.6) is 0 Å². The van der Waals surface area contributed by atoms with E-state index < -0.39 is 5.97 Å². The summed E-state index contributed by atoms with van der Waals surface area (Å²) in [7, 11) is 0. The highest BCUT2D eigenvalue weighted by atomic mass is 16.4. The van der Waals surface area contributed by atoms with Crippen LogP contribution < -0.4 is 5.32 Å². The molecule has 2 atom stereocenters. The lowest BCUT2D eigenvalue weighted by molar-refractivity contribution is -0.138. The fourth-order valence-corrected chi connectivity index (χ4v) is 3.21. The summed E-state index contributed by atoms with van der Waals surface area (Å²) >= 11 is 0. The van der Waals surface area contributed by atoms with E-state index in [-0.39, 0.29) is 29.2 Å². The highest BCUT2D eigenvalue weighted by Gasteiger charge is 2.29. The molecule has 2 amide bonds. The molecule has 0 saturated carbocycles. The van der Waals surface area contributed by atoms with Gasteiger partial charge in [0.2, 0.25) is 11.8 Å². The number of carbonyl (C=O) groups excluding carboxylic acids is 2. The zero-order valence-electron chi connectivity index (χ0n) is 15.5. The van der Waals surface area contributed by atoms with Gasteiger partial charge in [0, 0.05) is 25.6 Å². The minimum atomic E-state index is -0.954. The van der Waals surface area contributed by atoms with Crippen LogP contribution in [0.15, 0.2) is 24.3 Å². The number of nitrogens with zero attached hydrogens (tertiary/aromatic N) is 1. The van der Waals surface area contributed by atoms with Crippen LogP contribution >= 0.6 is 0 Å². The average Bonchev–Trinajstić information content (AvgIpc) is 2.67. The summed E-state index contributed by atoms with van der Waals surface area (Å²) < 4.78 is 0. The number of piperidine rings is 1. The fourth-order valence-electron chi connectivity index (χ4n) is 3.21. The van der Waals surface area contributed by atoms with Gasteiger partial charge >= 0.3 is 5.97 Å². The highest BCUT2D eigenvalue weighted by Crippen LogP contribution is 2.19. The van der Waals surface area contributed by atoms with Crippen molar-refractivity contribution in [2.24, 2.45) is 11.8 Å². The number of hydrogen-bond acceptors (Lipinski definition) is 3. The molecule has 1 heterocycles. The van der Waals surface area contributed by atoms with Crippen molar-refractivity contribution in [3.05, 3.63) is 35.4 Å². The van der Waals surface area contributed by atoms with Crippen LogP contribution in [0.1, 0.15) is 49.0 Å². The summed E-state index contributed by atoms with van der Waals surface area (Å²) in [5.41, 5.74) is 1.13. The molecule has 1 fully saturated rings. The van der Waals surface area contributed by atoms with E-state index in [1.165, 1.54) is 0 Å². The number of amides is 2. The highest BCUT2D eigenvalue weighted by molar-refractivity contribution is 5.87. The van der Waals surface area contributed by atoms with Crippen molar-refractivity contribution in [3.63, 3.8) is 0 Å². The molecule has 2 N–H and O–H groups in total. The number of carboxylic acid groups (broad SMARTS) is 1. The lowest BCUT2D eigenvalue weighted by Crippen LogP contribution is -2.47. The zero-order valence-corrected chi connectivity index (χ0v) is 15.5. The molecule has 6 heteroatoms. The Bertz CT molecular complexity index is 659. The molecule has 2 unspecified atom stereocenters. The summed E-state index contributed by atoms with van der Waals surface area (Å²) in [6.07, 6.45) is 3.03. The predicted molar refractivity (Wildman–Crippen MR) is 98.9 cm³/mol. The van der Waals surface area contributed by atoms with Crippen molar-refractivity contribution >= 4 is 17.8 Å². The van der Waals surface area contributed by atoms with Gasteiger partial charge in [-0.15, -0.1) is 0 Å². The Morgan fingerprint density at radius 3 is 2.81 bits per heavy atom. The number of likely N-dealkylation sites (tertiary alicyclic amines) is 1. The average molecular weight is 360 g/mol. The molecule has 1 aromatic carbocycles. The lowest BCUT2D eigenvalue weighted by Gasteiger charge is -2.33. The van der Waals surface area contributed by atoms with Crippen molar-refractivity contribution in [2.75, 3.05) is 19.6 Å². The Hall–Kier alpha value is -2.37. The molecule has 2 rings (SSSR count). The van der Waals surface area contributed by atoms with Gasteiger partial charge in [-0.1, -0.05) is 26.0 Å². The molecule has 26 heavy (non-hydrogen) atoms. The molecule has 0 aliphatic carbocycles. The predicted octanol–water partition coefficient (Wildman–Crippen LogP) is 2.33. The van der Waals surface area contributed by atoms with E-state index in [4.69, 9.17) is 5.11 Å². The molecular formula is C20H28N2O4. The van der Waals surface area contributed by atoms with Gasteiger partial charge < -0.3 is 15.3 Å². The maximum Gasteiger partial charge on any atom is 0.335 e. The summed E-state index contributed by atoms with van der Waals surface area (Å²) in [4.78, 5) is 37.6. The van der Waals surface area contributed by atoms with Crippen molar-refractivity contribution in [3.8, 4) is 0 Å². The second-order valence-corrected chi connectivity index (χ2v) is 6.98. The van der Waals surface area contributed by atoms with E-state index in [0.717, 1.165) is 31.4 Å². The Morgan fingerprint density at radius 1 is 1.35 bits per heavy atom. The fraction of sp³-hybridized carbons (Fsp3) is 0.550. The third kappa shape index (κ3) is 5.31. The lowest BCUT2D eigenvalue weighted by atomic mass is 9.95. The number of carbonyl (C=O) groups is 3. The number of rotatable bonds is 7. The number of hydrogen-bond donors (Lipinski definition) is 2. The topological polar surface area (TPSA) is 86.7 Å². The second-order valence-electron chi connectivity index (χ2n) is 6.98.